The first-order valence-corrected chi connectivity index (χ1v) is 13.7. The van der Waals surface area contributed by atoms with E-state index in [0.717, 1.165) is 33.9 Å². The first-order chi connectivity index (χ1) is 18.6. The van der Waals surface area contributed by atoms with E-state index in [1.54, 1.807) is 0 Å². The van der Waals surface area contributed by atoms with Crippen molar-refractivity contribution in [1.82, 2.24) is 14.8 Å². The number of halogens is 6. The van der Waals surface area contributed by atoms with Gasteiger partial charge in [-0.3, -0.25) is 14.2 Å². The van der Waals surface area contributed by atoms with Gasteiger partial charge in [0.25, 0.3) is 0 Å². The highest BCUT2D eigenvalue weighted by molar-refractivity contribution is 7.60. The number of fused-ring (bicyclic) bond motifs is 1. The van der Waals surface area contributed by atoms with E-state index in [2.05, 4.69) is 11.9 Å². The quantitative estimate of drug-likeness (QED) is 0.278. The Labute approximate surface area is 229 Å². The average Bonchev–Trinajstić information content (AvgIpc) is 3.43. The molecule has 0 radical (unpaired) electrons. The molecule has 1 aliphatic heterocycles. The molecule has 1 fully saturated rings. The predicted molar refractivity (Wildman–Crippen MR) is 137 cm³/mol. The maximum Gasteiger partial charge on any atom is 0.416 e. The zero-order chi connectivity index (χ0) is 29.6. The van der Waals surface area contributed by atoms with E-state index in [9.17, 15) is 45.9 Å². The number of alkyl halides is 4. The lowest BCUT2D eigenvalue weighted by atomic mass is 10.1. The first-order valence-electron chi connectivity index (χ1n) is 11.7. The van der Waals surface area contributed by atoms with Crippen LogP contribution in [0.25, 0.3) is 16.5 Å². The lowest BCUT2D eigenvalue weighted by Gasteiger charge is -2.24. The SMILES string of the molecule is C=C(c1cn(CC(=O)N2C[C@H](F)C[C@H]2C(=O)NCc2cccc(Cl)c2F)c2cc(P(=O)(O)O)ccc12)C(F)(F)F. The predicted octanol–water partition coefficient (Wildman–Crippen LogP) is 4.07. The molecule has 8 nitrogen and oxygen atoms in total. The van der Waals surface area contributed by atoms with Crippen LogP contribution < -0.4 is 10.6 Å². The van der Waals surface area contributed by atoms with E-state index in [-0.39, 0.29) is 34.5 Å². The Morgan fingerprint density at radius 3 is 2.55 bits per heavy atom. The van der Waals surface area contributed by atoms with Gasteiger partial charge in [0, 0.05) is 35.7 Å². The average molecular weight is 606 g/mol. The van der Waals surface area contributed by atoms with Crippen molar-refractivity contribution in [1.29, 1.82) is 0 Å². The van der Waals surface area contributed by atoms with Crippen molar-refractivity contribution in [3.05, 3.63) is 71.1 Å². The highest BCUT2D eigenvalue weighted by Crippen LogP contribution is 2.39. The van der Waals surface area contributed by atoms with E-state index in [1.165, 1.54) is 18.2 Å². The first kappa shape index (κ1) is 29.7. The number of aromatic nitrogens is 1. The van der Waals surface area contributed by atoms with Crippen LogP contribution in [0.3, 0.4) is 0 Å². The molecule has 0 saturated carbocycles. The number of amides is 2. The highest BCUT2D eigenvalue weighted by atomic mass is 35.5. The van der Waals surface area contributed by atoms with Crippen LogP contribution in [0.1, 0.15) is 17.5 Å². The smallest absolute Gasteiger partial charge is 0.350 e. The molecule has 15 heteroatoms. The van der Waals surface area contributed by atoms with Crippen LogP contribution in [0.2, 0.25) is 5.02 Å². The molecule has 0 spiro atoms. The van der Waals surface area contributed by atoms with Gasteiger partial charge >= 0.3 is 13.8 Å². The number of hydrogen-bond acceptors (Lipinski definition) is 3. The maximum atomic E-state index is 14.4. The van der Waals surface area contributed by atoms with Crippen molar-refractivity contribution in [3.63, 3.8) is 0 Å². The van der Waals surface area contributed by atoms with Gasteiger partial charge in [0.2, 0.25) is 11.8 Å². The molecule has 2 aromatic carbocycles. The molecule has 2 atom stereocenters. The third-order valence-electron chi connectivity index (χ3n) is 6.53. The number of carbonyl (C=O) groups is 2. The minimum Gasteiger partial charge on any atom is -0.350 e. The molecule has 3 aromatic rings. The molecule has 1 aromatic heterocycles. The van der Waals surface area contributed by atoms with Gasteiger partial charge in [-0.2, -0.15) is 13.2 Å². The van der Waals surface area contributed by atoms with Crippen molar-refractivity contribution in [2.45, 2.75) is 37.9 Å². The number of carbonyl (C=O) groups excluding carboxylic acids is 2. The summed E-state index contributed by atoms with van der Waals surface area (Å²) in [5.74, 6) is -2.37. The topological polar surface area (TPSA) is 112 Å². The maximum absolute atomic E-state index is 14.4. The molecule has 0 bridgehead atoms. The van der Waals surface area contributed by atoms with Crippen molar-refractivity contribution in [2.75, 3.05) is 6.54 Å². The number of hydrogen-bond donors (Lipinski definition) is 3. The van der Waals surface area contributed by atoms with Gasteiger partial charge < -0.3 is 24.6 Å². The Morgan fingerprint density at radius 1 is 1.20 bits per heavy atom. The molecule has 1 aliphatic rings. The second kappa shape index (κ2) is 11.0. The van der Waals surface area contributed by atoms with Gasteiger partial charge in [0.1, 0.15) is 24.6 Å². The van der Waals surface area contributed by atoms with Gasteiger partial charge in [-0.1, -0.05) is 36.4 Å². The Hall–Kier alpha value is -3.25. The standard InChI is InChI=1S/C25H22ClF5N3O5P/c1-13(25(29,30)31)18-11-33(20-8-16(40(37,38)39)5-6-17(18)20)12-22(35)34-10-15(27)7-21(34)24(36)32-9-14-3-2-4-19(26)23(14)28/h2-6,8,11,15,21H,1,7,9-10,12H2,(H,32,36)(H2,37,38,39)/t15-,21+/m1/s1. The fraction of sp³-hybridized carbons (Fsp3) is 0.280. The van der Waals surface area contributed by atoms with Crippen LogP contribution in [-0.2, 0) is 27.2 Å². The largest absolute Gasteiger partial charge is 0.416 e. The van der Waals surface area contributed by atoms with Crippen LogP contribution in [0.5, 0.6) is 0 Å². The number of likely N-dealkylation sites (tertiary alicyclic amines) is 1. The van der Waals surface area contributed by atoms with Gasteiger partial charge in [0.15, 0.2) is 0 Å². The summed E-state index contributed by atoms with van der Waals surface area (Å²) in [5.41, 5.74) is -1.72. The summed E-state index contributed by atoms with van der Waals surface area (Å²) >= 11 is 5.74. The van der Waals surface area contributed by atoms with Gasteiger partial charge in [-0.05, 0) is 18.2 Å². The molecule has 40 heavy (non-hydrogen) atoms. The van der Waals surface area contributed by atoms with Crippen LogP contribution in [-0.4, -0.2) is 56.0 Å². The second-order valence-corrected chi connectivity index (χ2v) is 11.2. The summed E-state index contributed by atoms with van der Waals surface area (Å²) < 4.78 is 81.7. The number of allylic oxidation sites excluding steroid dienone is 1. The fourth-order valence-corrected chi connectivity index (χ4v) is 5.27. The third kappa shape index (κ3) is 6.07. The summed E-state index contributed by atoms with van der Waals surface area (Å²) in [7, 11) is -4.81. The molecule has 3 N–H and O–H groups in total. The second-order valence-electron chi connectivity index (χ2n) is 9.22. The van der Waals surface area contributed by atoms with Crippen LogP contribution >= 0.6 is 19.2 Å². The van der Waals surface area contributed by atoms with E-state index >= 15 is 0 Å². The Bertz CT molecular complexity index is 1550. The van der Waals surface area contributed by atoms with Gasteiger partial charge in [-0.15, -0.1) is 0 Å². The lowest BCUT2D eigenvalue weighted by Crippen LogP contribution is -2.46. The van der Waals surface area contributed by atoms with E-state index < -0.39 is 73.1 Å². The summed E-state index contributed by atoms with van der Waals surface area (Å²) in [6, 6.07) is 5.89. The van der Waals surface area contributed by atoms with Crippen LogP contribution in [0, 0.1) is 5.82 Å². The van der Waals surface area contributed by atoms with Crippen molar-refractivity contribution < 1.29 is 45.9 Å². The number of benzene rings is 2. The van der Waals surface area contributed by atoms with Crippen LogP contribution in [0.4, 0.5) is 22.0 Å². The summed E-state index contributed by atoms with van der Waals surface area (Å²) in [6.45, 7) is 1.62. The molecular weight excluding hydrogens is 584 g/mol. The Morgan fingerprint density at radius 2 is 1.90 bits per heavy atom. The minimum atomic E-state index is -4.84. The van der Waals surface area contributed by atoms with E-state index in [0.29, 0.717) is 0 Å². The summed E-state index contributed by atoms with van der Waals surface area (Å²) in [4.78, 5) is 46.1. The van der Waals surface area contributed by atoms with Crippen molar-refractivity contribution >= 4 is 52.8 Å². The normalized spacial score (nSPS) is 17.9. The van der Waals surface area contributed by atoms with E-state index in [4.69, 9.17) is 11.6 Å². The Balaban J connectivity index is 1.61. The van der Waals surface area contributed by atoms with E-state index in [1.807, 2.05) is 0 Å². The van der Waals surface area contributed by atoms with Gasteiger partial charge in [0.05, 0.1) is 28.0 Å². The minimum absolute atomic E-state index is 0.0608. The zero-order valence-electron chi connectivity index (χ0n) is 20.5. The van der Waals surface area contributed by atoms with Gasteiger partial charge in [-0.25, -0.2) is 8.78 Å². The number of nitrogens with zero attached hydrogens (tertiary/aromatic N) is 2. The molecule has 2 heterocycles. The van der Waals surface area contributed by atoms with Crippen molar-refractivity contribution in [3.8, 4) is 0 Å². The summed E-state index contributed by atoms with van der Waals surface area (Å²) in [5, 5.41) is 1.71. The van der Waals surface area contributed by atoms with Crippen LogP contribution in [0.15, 0.2) is 49.2 Å². The number of rotatable bonds is 7. The molecule has 0 aliphatic carbocycles. The zero-order valence-corrected chi connectivity index (χ0v) is 22.1. The monoisotopic (exact) mass is 605 g/mol. The molecule has 0 unspecified atom stereocenters. The molecular formula is C25H22ClF5N3O5P. The summed E-state index contributed by atoms with van der Waals surface area (Å²) in [6.07, 6.45) is -5.82. The third-order valence-corrected chi connectivity index (χ3v) is 7.78. The lowest BCUT2D eigenvalue weighted by molar-refractivity contribution is -0.139. The molecule has 1 saturated heterocycles. The molecule has 2 amide bonds. The Kier molecular flexibility index (Phi) is 8.15. The molecule has 4 rings (SSSR count). The van der Waals surface area contributed by atoms with Crippen molar-refractivity contribution in [2.24, 2.45) is 0 Å². The fourth-order valence-electron chi connectivity index (χ4n) is 4.52. The molecule has 214 valence electrons. The number of nitrogens with one attached hydrogen (secondary N) is 1. The highest BCUT2D eigenvalue weighted by Gasteiger charge is 2.40.